The second kappa shape index (κ2) is 10.6. The van der Waals surface area contributed by atoms with Crippen molar-refractivity contribution in [3.63, 3.8) is 0 Å². The van der Waals surface area contributed by atoms with E-state index in [1.54, 1.807) is 24.5 Å². The zero-order valence-corrected chi connectivity index (χ0v) is 19.4. The molecule has 0 aromatic carbocycles. The molecule has 32 heavy (non-hydrogen) atoms. The highest BCUT2D eigenvalue weighted by Gasteiger charge is 2.23. The molecule has 4 heterocycles. The molecule has 2 amide bonds. The molecule has 2 saturated heterocycles. The fraction of sp³-hybridized carbons (Fsp3) is 0.455. The van der Waals surface area contributed by atoms with Crippen molar-refractivity contribution in [3.8, 4) is 0 Å². The van der Waals surface area contributed by atoms with Gasteiger partial charge in [0.1, 0.15) is 11.4 Å². The van der Waals surface area contributed by atoms with E-state index in [1.807, 2.05) is 9.80 Å². The number of aromatic nitrogens is 2. The first kappa shape index (κ1) is 22.9. The van der Waals surface area contributed by atoms with E-state index in [1.165, 1.54) is 0 Å². The molecule has 2 fully saturated rings. The molecule has 0 spiro atoms. The molecule has 0 unspecified atom stereocenters. The molecule has 8 nitrogen and oxygen atoms in total. The molecule has 10 heteroatoms. The van der Waals surface area contributed by atoms with Crippen LogP contribution < -0.4 is 0 Å². The van der Waals surface area contributed by atoms with E-state index in [-0.39, 0.29) is 11.8 Å². The van der Waals surface area contributed by atoms with E-state index in [0.717, 1.165) is 39.3 Å². The van der Waals surface area contributed by atoms with Gasteiger partial charge in [-0.3, -0.25) is 19.4 Å². The van der Waals surface area contributed by atoms with Crippen LogP contribution in [0.4, 0.5) is 0 Å². The fourth-order valence-corrected chi connectivity index (χ4v) is 4.37. The fourth-order valence-electron chi connectivity index (χ4n) is 4.04. The number of piperazine rings is 2. The molecule has 2 N–H and O–H groups in total. The molecular formula is C22H28Cl2N6O2. The predicted octanol–water partition coefficient (Wildman–Crippen LogP) is 2.42. The van der Waals surface area contributed by atoms with E-state index in [4.69, 9.17) is 23.2 Å². The molecule has 0 bridgehead atoms. The summed E-state index contributed by atoms with van der Waals surface area (Å²) < 4.78 is 0. The molecule has 0 radical (unpaired) electrons. The molecule has 172 valence electrons. The molecule has 0 atom stereocenters. The quantitative estimate of drug-likeness (QED) is 0.624. The standard InChI is InChI=1S/C22H28Cl2N6O2/c23-17-13-19(25-15-17)21(31)29-9-5-27(6-10-29)3-1-2-4-28-7-11-30(12-8-28)22(32)20-14-18(24)16-26-20/h1-2,13-16,25-26H,3-12H2/b2-1+. The van der Waals surface area contributed by atoms with Crippen molar-refractivity contribution in [1.29, 1.82) is 0 Å². The maximum absolute atomic E-state index is 12.5. The summed E-state index contributed by atoms with van der Waals surface area (Å²) in [5.41, 5.74) is 1.09. The van der Waals surface area contributed by atoms with Gasteiger partial charge in [-0.1, -0.05) is 35.4 Å². The van der Waals surface area contributed by atoms with Crippen LogP contribution in [0.1, 0.15) is 21.0 Å². The van der Waals surface area contributed by atoms with Crippen LogP contribution in [0.15, 0.2) is 36.7 Å². The first-order valence-corrected chi connectivity index (χ1v) is 11.6. The molecule has 2 aromatic rings. The van der Waals surface area contributed by atoms with Crippen LogP contribution >= 0.6 is 23.2 Å². The average molecular weight is 479 g/mol. The van der Waals surface area contributed by atoms with E-state index in [9.17, 15) is 9.59 Å². The smallest absolute Gasteiger partial charge is 0.270 e. The van der Waals surface area contributed by atoms with Crippen molar-refractivity contribution < 1.29 is 9.59 Å². The van der Waals surface area contributed by atoms with E-state index in [0.29, 0.717) is 47.6 Å². The van der Waals surface area contributed by atoms with Crippen LogP contribution in [0.25, 0.3) is 0 Å². The minimum absolute atomic E-state index is 0.00378. The van der Waals surface area contributed by atoms with Gasteiger partial charge < -0.3 is 19.8 Å². The normalized spacial score (nSPS) is 18.6. The SMILES string of the molecule is O=C(c1cc(Cl)c[nH]1)N1CCN(C/C=C/CN2CCN(C(=O)c3cc(Cl)c[nH]3)CC2)CC1. The van der Waals surface area contributed by atoms with Crippen LogP contribution in [-0.4, -0.2) is 107 Å². The maximum Gasteiger partial charge on any atom is 0.270 e. The second-order valence-corrected chi connectivity index (χ2v) is 8.99. The van der Waals surface area contributed by atoms with Gasteiger partial charge in [0, 0.05) is 77.8 Å². The molecule has 0 saturated carbocycles. The Morgan fingerprint density at radius 2 is 1.09 bits per heavy atom. The zero-order chi connectivity index (χ0) is 22.5. The number of hydrogen-bond acceptors (Lipinski definition) is 4. The Morgan fingerprint density at radius 1 is 0.719 bits per heavy atom. The minimum atomic E-state index is 0.00378. The Bertz CT molecular complexity index is 879. The second-order valence-electron chi connectivity index (χ2n) is 8.12. The monoisotopic (exact) mass is 478 g/mol. The van der Waals surface area contributed by atoms with Gasteiger partial charge >= 0.3 is 0 Å². The molecule has 2 aliphatic rings. The van der Waals surface area contributed by atoms with Crippen LogP contribution in [0.2, 0.25) is 10.0 Å². The van der Waals surface area contributed by atoms with E-state index < -0.39 is 0 Å². The highest BCUT2D eigenvalue weighted by Crippen LogP contribution is 2.14. The number of amides is 2. The highest BCUT2D eigenvalue weighted by molar-refractivity contribution is 6.31. The Hall–Kier alpha value is -2.26. The predicted molar refractivity (Wildman–Crippen MR) is 125 cm³/mol. The van der Waals surface area contributed by atoms with Crippen molar-refractivity contribution in [2.45, 2.75) is 0 Å². The number of nitrogens with one attached hydrogen (secondary N) is 2. The number of carbonyl (C=O) groups is 2. The van der Waals surface area contributed by atoms with Crippen LogP contribution in [0.3, 0.4) is 0 Å². The van der Waals surface area contributed by atoms with Crippen LogP contribution in [-0.2, 0) is 0 Å². The Labute approximate surface area is 197 Å². The van der Waals surface area contributed by atoms with Crippen molar-refractivity contribution in [3.05, 3.63) is 58.1 Å². The van der Waals surface area contributed by atoms with Gasteiger partial charge in [0.25, 0.3) is 11.8 Å². The van der Waals surface area contributed by atoms with Gasteiger partial charge in [-0.25, -0.2) is 0 Å². The minimum Gasteiger partial charge on any atom is -0.356 e. The summed E-state index contributed by atoms with van der Waals surface area (Å²) in [6, 6.07) is 3.34. The van der Waals surface area contributed by atoms with Gasteiger partial charge in [-0.05, 0) is 12.1 Å². The number of carbonyl (C=O) groups excluding carboxylic acids is 2. The van der Waals surface area contributed by atoms with Gasteiger partial charge in [-0.15, -0.1) is 0 Å². The topological polar surface area (TPSA) is 78.7 Å². The third-order valence-corrected chi connectivity index (χ3v) is 6.41. The maximum atomic E-state index is 12.5. The lowest BCUT2D eigenvalue weighted by Gasteiger charge is -2.34. The van der Waals surface area contributed by atoms with Crippen molar-refractivity contribution in [2.24, 2.45) is 0 Å². The summed E-state index contributed by atoms with van der Waals surface area (Å²) in [5.74, 6) is 0.00755. The summed E-state index contributed by atoms with van der Waals surface area (Å²) in [7, 11) is 0. The zero-order valence-electron chi connectivity index (χ0n) is 17.9. The number of hydrogen-bond donors (Lipinski definition) is 2. The molecule has 2 aliphatic heterocycles. The first-order chi connectivity index (χ1) is 15.5. The van der Waals surface area contributed by atoms with Crippen molar-refractivity contribution in [2.75, 3.05) is 65.4 Å². The highest BCUT2D eigenvalue weighted by atomic mass is 35.5. The Morgan fingerprint density at radius 3 is 1.41 bits per heavy atom. The van der Waals surface area contributed by atoms with Gasteiger partial charge in [-0.2, -0.15) is 0 Å². The van der Waals surface area contributed by atoms with Crippen LogP contribution in [0.5, 0.6) is 0 Å². The molecule has 0 aliphatic carbocycles. The van der Waals surface area contributed by atoms with E-state index >= 15 is 0 Å². The number of halogens is 2. The summed E-state index contributed by atoms with van der Waals surface area (Å²) in [5, 5.41) is 1.10. The average Bonchev–Trinajstić information content (AvgIpc) is 3.45. The number of nitrogens with zero attached hydrogens (tertiary/aromatic N) is 4. The largest absolute Gasteiger partial charge is 0.356 e. The summed E-state index contributed by atoms with van der Waals surface area (Å²) in [4.78, 5) is 39.2. The lowest BCUT2D eigenvalue weighted by molar-refractivity contribution is 0.0635. The summed E-state index contributed by atoms with van der Waals surface area (Å²) in [6.45, 7) is 8.03. The van der Waals surface area contributed by atoms with E-state index in [2.05, 4.69) is 31.9 Å². The number of H-pyrrole nitrogens is 2. The van der Waals surface area contributed by atoms with Gasteiger partial charge in [0.15, 0.2) is 0 Å². The Balaban J connectivity index is 1.13. The van der Waals surface area contributed by atoms with Gasteiger partial charge in [0.05, 0.1) is 10.0 Å². The molecular weight excluding hydrogens is 451 g/mol. The molecule has 4 rings (SSSR count). The first-order valence-electron chi connectivity index (χ1n) is 10.9. The van der Waals surface area contributed by atoms with Crippen LogP contribution in [0, 0.1) is 0 Å². The Kier molecular flexibility index (Phi) is 7.57. The number of rotatable bonds is 6. The van der Waals surface area contributed by atoms with Gasteiger partial charge in [0.2, 0.25) is 0 Å². The third-order valence-electron chi connectivity index (χ3n) is 5.97. The number of aromatic amines is 2. The lowest BCUT2D eigenvalue weighted by atomic mass is 10.2. The summed E-state index contributed by atoms with van der Waals surface area (Å²) in [6.07, 6.45) is 7.65. The molecule has 2 aromatic heterocycles. The van der Waals surface area contributed by atoms with Crippen molar-refractivity contribution >= 4 is 35.0 Å². The lowest BCUT2D eigenvalue weighted by Crippen LogP contribution is -2.49. The third kappa shape index (κ3) is 5.75. The summed E-state index contributed by atoms with van der Waals surface area (Å²) >= 11 is 11.8. The van der Waals surface area contributed by atoms with Crippen molar-refractivity contribution in [1.82, 2.24) is 29.6 Å².